The first-order valence-corrected chi connectivity index (χ1v) is 7.29. The van der Waals surface area contributed by atoms with Crippen LogP contribution in [-0.4, -0.2) is 44.1 Å². The maximum atomic E-state index is 8.65. The molecular formula is C15H30NO2+. The predicted molar refractivity (Wildman–Crippen MR) is 75.7 cm³/mol. The molecule has 3 nitrogen and oxygen atoms in total. The van der Waals surface area contributed by atoms with E-state index in [1.807, 2.05) is 6.92 Å². The van der Waals surface area contributed by atoms with E-state index in [4.69, 9.17) is 9.84 Å². The average molecular weight is 256 g/mol. The van der Waals surface area contributed by atoms with Crippen LogP contribution in [0, 0.1) is 11.8 Å². The van der Waals surface area contributed by atoms with Crippen molar-refractivity contribution in [1.29, 1.82) is 0 Å². The zero-order valence-electron chi connectivity index (χ0n) is 12.3. The molecule has 0 bridgehead atoms. The van der Waals surface area contributed by atoms with Gasteiger partial charge in [-0.1, -0.05) is 32.6 Å². The van der Waals surface area contributed by atoms with Crippen LogP contribution in [0.15, 0.2) is 0 Å². The van der Waals surface area contributed by atoms with Crippen molar-refractivity contribution in [2.24, 2.45) is 0 Å². The van der Waals surface area contributed by atoms with Gasteiger partial charge in [0.1, 0.15) is 12.6 Å². The maximum absolute atomic E-state index is 8.65. The van der Waals surface area contributed by atoms with Gasteiger partial charge in [-0.05, 0) is 25.7 Å². The highest BCUT2D eigenvalue weighted by molar-refractivity contribution is 5.03. The molecule has 0 saturated heterocycles. The molecule has 0 spiro atoms. The number of hydrogen-bond acceptors (Lipinski definition) is 2. The third-order valence-electron chi connectivity index (χ3n) is 2.87. The fourth-order valence-electron chi connectivity index (χ4n) is 1.75. The minimum Gasteiger partial charge on any atom is -0.394 e. The van der Waals surface area contributed by atoms with E-state index in [0.717, 1.165) is 6.54 Å². The van der Waals surface area contributed by atoms with E-state index in [1.54, 1.807) is 4.90 Å². The molecule has 1 atom stereocenters. The van der Waals surface area contributed by atoms with Gasteiger partial charge >= 0.3 is 0 Å². The van der Waals surface area contributed by atoms with Crippen LogP contribution in [-0.2, 0) is 4.74 Å². The van der Waals surface area contributed by atoms with Gasteiger partial charge in [-0.25, -0.2) is 0 Å². The van der Waals surface area contributed by atoms with Crippen molar-refractivity contribution in [2.45, 2.75) is 52.6 Å². The number of ether oxygens (including phenoxy) is 1. The summed E-state index contributed by atoms with van der Waals surface area (Å²) >= 11 is 0. The zero-order chi connectivity index (χ0) is 13.6. The molecule has 0 aliphatic rings. The van der Waals surface area contributed by atoms with Crippen LogP contribution in [0.4, 0.5) is 0 Å². The van der Waals surface area contributed by atoms with Crippen LogP contribution in [0.1, 0.15) is 46.5 Å². The minimum atomic E-state index is -0.0734. The lowest BCUT2D eigenvalue weighted by molar-refractivity contribution is -0.893. The first-order valence-electron chi connectivity index (χ1n) is 7.29. The Labute approximate surface area is 113 Å². The van der Waals surface area contributed by atoms with E-state index in [1.165, 1.54) is 38.8 Å². The lowest BCUT2D eigenvalue weighted by atomic mass is 10.2. The molecule has 0 aromatic carbocycles. The highest BCUT2D eigenvalue weighted by Gasteiger charge is 2.05. The summed E-state index contributed by atoms with van der Waals surface area (Å²) in [6.07, 6.45) is 4.97. The number of nitrogens with one attached hydrogen (secondary N) is 1. The van der Waals surface area contributed by atoms with Crippen LogP contribution in [0.5, 0.6) is 0 Å². The molecule has 0 amide bonds. The second kappa shape index (κ2) is 12.9. The van der Waals surface area contributed by atoms with Crippen molar-refractivity contribution in [3.8, 4) is 11.8 Å². The molecule has 3 heteroatoms. The Kier molecular flexibility index (Phi) is 12.5. The van der Waals surface area contributed by atoms with Crippen LogP contribution in [0.3, 0.4) is 0 Å². The van der Waals surface area contributed by atoms with Gasteiger partial charge < -0.3 is 14.7 Å². The summed E-state index contributed by atoms with van der Waals surface area (Å²) in [4.78, 5) is 1.58. The van der Waals surface area contributed by atoms with Gasteiger partial charge in [-0.3, -0.25) is 0 Å². The Morgan fingerprint density at radius 1 is 1.17 bits per heavy atom. The fraction of sp³-hybridized carbons (Fsp3) is 0.867. The highest BCUT2D eigenvalue weighted by atomic mass is 16.5. The van der Waals surface area contributed by atoms with Gasteiger partial charge in [0.15, 0.2) is 0 Å². The van der Waals surface area contributed by atoms with Crippen molar-refractivity contribution in [2.75, 3.05) is 32.8 Å². The second-order valence-corrected chi connectivity index (χ2v) is 4.69. The molecule has 0 fully saturated rings. The standard InChI is InChI=1S/C15H29NO2/c1-4-6-10-16(11-7-5-2)12-8-9-15(3)18-14-13-17/h15,17H,4-7,10-14H2,1-3H3/p+1/t15-/m1/s1. The molecule has 0 saturated carbocycles. The first-order chi connectivity index (χ1) is 8.74. The van der Waals surface area contributed by atoms with Gasteiger partial charge in [0.05, 0.1) is 26.3 Å². The van der Waals surface area contributed by atoms with Crippen LogP contribution < -0.4 is 4.90 Å². The van der Waals surface area contributed by atoms with Crippen molar-refractivity contribution in [1.82, 2.24) is 0 Å². The fourth-order valence-corrected chi connectivity index (χ4v) is 1.75. The summed E-state index contributed by atoms with van der Waals surface area (Å²) in [5.74, 6) is 6.31. The van der Waals surface area contributed by atoms with Crippen molar-refractivity contribution in [3.05, 3.63) is 0 Å². The van der Waals surface area contributed by atoms with Crippen molar-refractivity contribution in [3.63, 3.8) is 0 Å². The van der Waals surface area contributed by atoms with Crippen molar-refractivity contribution >= 4 is 0 Å². The van der Waals surface area contributed by atoms with Gasteiger partial charge in [0.2, 0.25) is 0 Å². The van der Waals surface area contributed by atoms with E-state index in [-0.39, 0.29) is 12.7 Å². The third-order valence-corrected chi connectivity index (χ3v) is 2.87. The lowest BCUT2D eigenvalue weighted by Gasteiger charge is -2.16. The molecule has 0 aromatic rings. The predicted octanol–water partition coefficient (Wildman–Crippen LogP) is 0.872. The molecule has 2 N–H and O–H groups in total. The second-order valence-electron chi connectivity index (χ2n) is 4.69. The Balaban J connectivity index is 3.94. The van der Waals surface area contributed by atoms with Gasteiger partial charge in [0.25, 0.3) is 0 Å². The lowest BCUT2D eigenvalue weighted by Crippen LogP contribution is -3.12. The summed E-state index contributed by atoms with van der Waals surface area (Å²) in [5, 5.41) is 8.65. The van der Waals surface area contributed by atoms with Crippen molar-refractivity contribution < 1.29 is 14.7 Å². The smallest absolute Gasteiger partial charge is 0.139 e. The first kappa shape index (κ1) is 17.4. The summed E-state index contributed by atoms with van der Waals surface area (Å²) in [5.41, 5.74) is 0. The Morgan fingerprint density at radius 2 is 1.78 bits per heavy atom. The Bertz CT molecular complexity index is 224. The van der Waals surface area contributed by atoms with Gasteiger partial charge in [-0.15, -0.1) is 0 Å². The molecule has 0 unspecified atom stereocenters. The largest absolute Gasteiger partial charge is 0.394 e. The number of quaternary nitrogens is 1. The quantitative estimate of drug-likeness (QED) is 0.569. The number of rotatable bonds is 10. The molecule has 0 rings (SSSR count). The normalized spacial score (nSPS) is 12.3. The van der Waals surface area contributed by atoms with E-state index in [9.17, 15) is 0 Å². The topological polar surface area (TPSA) is 33.9 Å². The van der Waals surface area contributed by atoms with Crippen LogP contribution in [0.25, 0.3) is 0 Å². The van der Waals surface area contributed by atoms with Gasteiger partial charge in [-0.2, -0.15) is 0 Å². The molecule has 0 aliphatic carbocycles. The Morgan fingerprint density at radius 3 is 2.28 bits per heavy atom. The van der Waals surface area contributed by atoms with E-state index in [2.05, 4.69) is 25.7 Å². The van der Waals surface area contributed by atoms with Crippen LogP contribution >= 0.6 is 0 Å². The molecule has 0 heterocycles. The molecule has 0 radical (unpaired) electrons. The molecular weight excluding hydrogens is 226 g/mol. The molecule has 18 heavy (non-hydrogen) atoms. The number of aliphatic hydroxyl groups excluding tert-OH is 1. The summed E-state index contributed by atoms with van der Waals surface area (Å²) < 4.78 is 5.30. The third kappa shape index (κ3) is 10.6. The minimum absolute atomic E-state index is 0.0659. The average Bonchev–Trinajstić information content (AvgIpc) is 2.38. The number of aliphatic hydroxyl groups is 1. The zero-order valence-corrected chi connectivity index (χ0v) is 12.3. The monoisotopic (exact) mass is 256 g/mol. The highest BCUT2D eigenvalue weighted by Crippen LogP contribution is 1.86. The maximum Gasteiger partial charge on any atom is 0.139 e. The summed E-state index contributed by atoms with van der Waals surface area (Å²) in [7, 11) is 0. The van der Waals surface area contributed by atoms with E-state index in [0.29, 0.717) is 6.61 Å². The van der Waals surface area contributed by atoms with E-state index < -0.39 is 0 Å². The SMILES string of the molecule is CCCC[NH+](CC#C[C@@H](C)OCCO)CCCC. The van der Waals surface area contributed by atoms with Crippen LogP contribution in [0.2, 0.25) is 0 Å². The molecule has 0 aliphatic heterocycles. The summed E-state index contributed by atoms with van der Waals surface area (Å²) in [6, 6.07) is 0. The Hall–Kier alpha value is -0.560. The summed E-state index contributed by atoms with van der Waals surface area (Å²) in [6.45, 7) is 10.2. The molecule has 0 aromatic heterocycles. The molecule has 106 valence electrons. The number of hydrogen-bond donors (Lipinski definition) is 2. The van der Waals surface area contributed by atoms with Gasteiger partial charge in [0, 0.05) is 0 Å². The number of unbranched alkanes of at least 4 members (excludes halogenated alkanes) is 2. The van der Waals surface area contributed by atoms with E-state index >= 15 is 0 Å².